The van der Waals surface area contributed by atoms with E-state index in [0.29, 0.717) is 6.61 Å². The molecule has 3 rings (SSSR count). The number of rotatable bonds is 4. The lowest BCUT2D eigenvalue weighted by atomic mass is 10.1. The number of benzene rings is 3. The zero-order valence-electron chi connectivity index (χ0n) is 12.0. The molecule has 0 aromatic heterocycles. The molecule has 0 atom stereocenters. The van der Waals surface area contributed by atoms with Gasteiger partial charge in [-0.1, -0.05) is 54.6 Å². The monoisotopic (exact) mass is 273 g/mol. The Morgan fingerprint density at radius 3 is 2.29 bits per heavy atom. The van der Waals surface area contributed by atoms with Crippen molar-refractivity contribution in [1.82, 2.24) is 0 Å². The molecule has 0 bridgehead atoms. The summed E-state index contributed by atoms with van der Waals surface area (Å²) in [7, 11) is 0. The number of ether oxygens (including phenoxy) is 1. The van der Waals surface area contributed by atoms with Gasteiger partial charge in [0.05, 0.1) is 0 Å². The average molecular weight is 273 g/mol. The largest absolute Gasteiger partial charge is 0.489 e. The molecule has 0 heterocycles. The topological polar surface area (TPSA) is 9.23 Å². The minimum atomic E-state index is 0.577. The Morgan fingerprint density at radius 2 is 1.57 bits per heavy atom. The molecule has 0 aliphatic heterocycles. The van der Waals surface area contributed by atoms with Crippen molar-refractivity contribution in [2.75, 3.05) is 0 Å². The van der Waals surface area contributed by atoms with Gasteiger partial charge in [0, 0.05) is 0 Å². The molecule has 3 aromatic carbocycles. The van der Waals surface area contributed by atoms with Gasteiger partial charge < -0.3 is 4.74 Å². The Hall–Kier alpha value is -2.54. The summed E-state index contributed by atoms with van der Waals surface area (Å²) >= 11 is 0. The molecule has 0 unspecified atom stereocenters. The predicted molar refractivity (Wildman–Crippen MR) is 86.2 cm³/mol. The first-order valence-electron chi connectivity index (χ1n) is 7.07. The molecule has 1 heteroatoms. The van der Waals surface area contributed by atoms with E-state index >= 15 is 0 Å². The lowest BCUT2D eigenvalue weighted by Crippen LogP contribution is -1.97. The van der Waals surface area contributed by atoms with E-state index in [1.54, 1.807) is 0 Å². The van der Waals surface area contributed by atoms with Crippen LogP contribution in [0.2, 0.25) is 0 Å². The quantitative estimate of drug-likeness (QED) is 0.647. The van der Waals surface area contributed by atoms with E-state index in [-0.39, 0.29) is 0 Å². The van der Waals surface area contributed by atoms with E-state index in [2.05, 4.69) is 55.5 Å². The zero-order chi connectivity index (χ0) is 14.5. The minimum Gasteiger partial charge on any atom is -0.489 e. The highest BCUT2D eigenvalue weighted by molar-refractivity contribution is 5.63. The second-order valence-electron chi connectivity index (χ2n) is 5.03. The van der Waals surface area contributed by atoms with Gasteiger partial charge in [0.25, 0.3) is 0 Å². The van der Waals surface area contributed by atoms with Crippen molar-refractivity contribution in [2.45, 2.75) is 13.5 Å². The van der Waals surface area contributed by atoms with Gasteiger partial charge >= 0.3 is 0 Å². The minimum absolute atomic E-state index is 0.577. The van der Waals surface area contributed by atoms with Gasteiger partial charge in [-0.15, -0.1) is 0 Å². The van der Waals surface area contributed by atoms with Crippen LogP contribution in [0.5, 0.6) is 5.75 Å². The molecule has 0 fully saturated rings. The summed E-state index contributed by atoms with van der Waals surface area (Å²) in [5.41, 5.74) is 4.82. The maximum atomic E-state index is 5.84. The van der Waals surface area contributed by atoms with Crippen LogP contribution in [0.25, 0.3) is 11.1 Å². The van der Waals surface area contributed by atoms with Crippen molar-refractivity contribution < 1.29 is 4.74 Å². The molecule has 0 aliphatic carbocycles. The summed E-state index contributed by atoms with van der Waals surface area (Å²) < 4.78 is 5.84. The third-order valence-corrected chi connectivity index (χ3v) is 3.55. The molecule has 103 valence electrons. The van der Waals surface area contributed by atoms with Gasteiger partial charge in [0.15, 0.2) is 0 Å². The standard InChI is InChI=1S/C20H17O/c1-16-7-5-6-10-19(16)15-21-20-13-11-18(12-14-20)17-8-3-2-4-9-17/h2-5,7-14H,15H2,1H3. The van der Waals surface area contributed by atoms with Crippen LogP contribution in [-0.2, 0) is 6.61 Å². The van der Waals surface area contributed by atoms with Crippen molar-refractivity contribution in [3.05, 3.63) is 90.0 Å². The van der Waals surface area contributed by atoms with E-state index in [1.807, 2.05) is 30.3 Å². The molecule has 1 nitrogen and oxygen atoms in total. The molecule has 1 radical (unpaired) electrons. The Bertz CT molecular complexity index is 699. The summed E-state index contributed by atoms with van der Waals surface area (Å²) in [6, 6.07) is 27.6. The number of hydrogen-bond acceptors (Lipinski definition) is 1. The van der Waals surface area contributed by atoms with E-state index in [4.69, 9.17) is 4.74 Å². The normalized spacial score (nSPS) is 10.3. The first-order chi connectivity index (χ1) is 10.3. The zero-order valence-corrected chi connectivity index (χ0v) is 12.0. The van der Waals surface area contributed by atoms with E-state index < -0.39 is 0 Å². The molecule has 0 saturated carbocycles. The van der Waals surface area contributed by atoms with Crippen molar-refractivity contribution in [2.24, 2.45) is 0 Å². The third kappa shape index (κ3) is 3.32. The van der Waals surface area contributed by atoms with Crippen molar-refractivity contribution in [1.29, 1.82) is 0 Å². The molecule has 0 aliphatic rings. The molecule has 0 amide bonds. The molecule has 0 N–H and O–H groups in total. The van der Waals surface area contributed by atoms with Crippen molar-refractivity contribution >= 4 is 0 Å². The van der Waals surface area contributed by atoms with Crippen LogP contribution in [0.15, 0.2) is 72.8 Å². The third-order valence-electron chi connectivity index (χ3n) is 3.55. The lowest BCUT2D eigenvalue weighted by Gasteiger charge is -2.09. The van der Waals surface area contributed by atoms with Crippen LogP contribution in [0, 0.1) is 13.0 Å². The summed E-state index contributed by atoms with van der Waals surface area (Å²) in [5, 5.41) is 0. The van der Waals surface area contributed by atoms with Gasteiger partial charge in [-0.3, -0.25) is 0 Å². The highest BCUT2D eigenvalue weighted by Crippen LogP contribution is 2.22. The van der Waals surface area contributed by atoms with Crippen LogP contribution >= 0.6 is 0 Å². The van der Waals surface area contributed by atoms with Crippen molar-refractivity contribution in [3.63, 3.8) is 0 Å². The van der Waals surface area contributed by atoms with Gasteiger partial charge in [0.2, 0.25) is 0 Å². The van der Waals surface area contributed by atoms with Crippen molar-refractivity contribution in [3.8, 4) is 16.9 Å². The van der Waals surface area contributed by atoms with Crippen LogP contribution in [0.4, 0.5) is 0 Å². The Morgan fingerprint density at radius 1 is 0.857 bits per heavy atom. The van der Waals surface area contributed by atoms with Gasteiger partial charge in [0.1, 0.15) is 12.4 Å². The SMILES string of the molecule is Cc1cc[c]cc1COc1ccc(-c2ccccc2)cc1. The fourth-order valence-electron chi connectivity index (χ4n) is 2.23. The van der Waals surface area contributed by atoms with Gasteiger partial charge in [-0.2, -0.15) is 0 Å². The van der Waals surface area contributed by atoms with E-state index in [0.717, 1.165) is 5.75 Å². The Labute approximate surface area is 125 Å². The summed E-state index contributed by atoms with van der Waals surface area (Å²) in [6.45, 7) is 2.67. The molecular weight excluding hydrogens is 256 g/mol. The van der Waals surface area contributed by atoms with E-state index in [9.17, 15) is 0 Å². The maximum Gasteiger partial charge on any atom is 0.119 e. The molecule has 0 spiro atoms. The lowest BCUT2D eigenvalue weighted by molar-refractivity contribution is 0.305. The van der Waals surface area contributed by atoms with Gasteiger partial charge in [-0.05, 0) is 53.4 Å². The molecule has 0 saturated heterocycles. The predicted octanol–water partition coefficient (Wildman–Crippen LogP) is 5.04. The van der Waals surface area contributed by atoms with Crippen LogP contribution < -0.4 is 4.74 Å². The molecule has 3 aromatic rings. The smallest absolute Gasteiger partial charge is 0.119 e. The fourth-order valence-corrected chi connectivity index (χ4v) is 2.23. The van der Waals surface area contributed by atoms with E-state index in [1.165, 1.54) is 22.3 Å². The summed E-state index contributed by atoms with van der Waals surface area (Å²) in [5.74, 6) is 0.887. The van der Waals surface area contributed by atoms with Crippen LogP contribution in [-0.4, -0.2) is 0 Å². The number of aryl methyl sites for hydroxylation is 1. The Balaban J connectivity index is 1.69. The highest BCUT2D eigenvalue weighted by atomic mass is 16.5. The van der Waals surface area contributed by atoms with Crippen LogP contribution in [0.1, 0.15) is 11.1 Å². The average Bonchev–Trinajstić information content (AvgIpc) is 2.55. The maximum absolute atomic E-state index is 5.84. The van der Waals surface area contributed by atoms with Gasteiger partial charge in [-0.25, -0.2) is 0 Å². The second kappa shape index (κ2) is 6.27. The van der Waals surface area contributed by atoms with Crippen LogP contribution in [0.3, 0.4) is 0 Å². The summed E-state index contributed by atoms with van der Waals surface area (Å²) in [6.07, 6.45) is 0. The first-order valence-corrected chi connectivity index (χ1v) is 7.07. The highest BCUT2D eigenvalue weighted by Gasteiger charge is 2.00. The number of hydrogen-bond donors (Lipinski definition) is 0. The first kappa shape index (κ1) is 13.4. The second-order valence-corrected chi connectivity index (χ2v) is 5.03. The summed E-state index contributed by atoms with van der Waals surface area (Å²) in [4.78, 5) is 0. The molecule has 21 heavy (non-hydrogen) atoms. The molecular formula is C20H17O. The Kier molecular flexibility index (Phi) is 4.02. The fraction of sp³-hybridized carbons (Fsp3) is 0.100.